The lowest BCUT2D eigenvalue weighted by atomic mass is 9.94. The van der Waals surface area contributed by atoms with Crippen LogP contribution < -0.4 is 5.32 Å². The van der Waals surface area contributed by atoms with Crippen LogP contribution >= 0.6 is 0 Å². The number of carbonyl (C=O) groups excluding carboxylic acids is 3. The van der Waals surface area contributed by atoms with Crippen molar-refractivity contribution < 1.29 is 33.8 Å². The molecule has 10 heteroatoms. The molecular formula is C28H37N3O7. The summed E-state index contributed by atoms with van der Waals surface area (Å²) in [5.41, 5.74) is 0.909. The average Bonchev–Trinajstić information content (AvgIpc) is 3.52. The van der Waals surface area contributed by atoms with E-state index in [2.05, 4.69) is 10.3 Å². The van der Waals surface area contributed by atoms with Crippen LogP contribution in [0.15, 0.2) is 58.4 Å². The molecule has 1 aromatic rings. The predicted molar refractivity (Wildman–Crippen MR) is 140 cm³/mol. The van der Waals surface area contributed by atoms with Gasteiger partial charge in [-0.1, -0.05) is 56.7 Å². The third-order valence-electron chi connectivity index (χ3n) is 6.33. The molecule has 1 aromatic heterocycles. The van der Waals surface area contributed by atoms with Crippen LogP contribution in [0.25, 0.3) is 0 Å². The molecule has 2 bridgehead atoms. The minimum atomic E-state index is -0.959. The Morgan fingerprint density at radius 2 is 1.95 bits per heavy atom. The first kappa shape index (κ1) is 29.1. The van der Waals surface area contributed by atoms with E-state index in [-0.39, 0.29) is 54.4 Å². The van der Waals surface area contributed by atoms with Gasteiger partial charge in [-0.3, -0.25) is 9.59 Å². The van der Waals surface area contributed by atoms with Gasteiger partial charge in [-0.15, -0.1) is 0 Å². The molecular weight excluding hydrogens is 490 g/mol. The first-order valence-corrected chi connectivity index (χ1v) is 12.9. The molecule has 0 spiro atoms. The lowest BCUT2D eigenvalue weighted by Crippen LogP contribution is -2.36. The van der Waals surface area contributed by atoms with Crippen LogP contribution in [0.4, 0.5) is 0 Å². The van der Waals surface area contributed by atoms with E-state index in [4.69, 9.17) is 9.15 Å². The van der Waals surface area contributed by atoms with Crippen molar-refractivity contribution in [1.82, 2.24) is 15.2 Å². The first-order valence-electron chi connectivity index (χ1n) is 12.9. The molecule has 3 rings (SSSR count). The maximum absolute atomic E-state index is 13.1. The number of nitrogens with zero attached hydrogens (tertiary/aromatic N) is 2. The molecule has 1 unspecified atom stereocenters. The number of fused-ring (bicyclic) bond motifs is 3. The minimum Gasteiger partial charge on any atom is -0.457 e. The number of nitrogens with one attached hydrogen (secondary N) is 1. The van der Waals surface area contributed by atoms with E-state index in [1.165, 1.54) is 17.2 Å². The zero-order chi connectivity index (χ0) is 27.8. The van der Waals surface area contributed by atoms with Crippen molar-refractivity contribution >= 4 is 17.8 Å². The van der Waals surface area contributed by atoms with Crippen LogP contribution in [0.5, 0.6) is 0 Å². The summed E-state index contributed by atoms with van der Waals surface area (Å²) in [5, 5.41) is 23.5. The largest absolute Gasteiger partial charge is 0.457 e. The lowest BCUT2D eigenvalue weighted by Gasteiger charge is -2.27. The van der Waals surface area contributed by atoms with Crippen molar-refractivity contribution in [2.75, 3.05) is 13.1 Å². The Morgan fingerprint density at radius 3 is 2.68 bits per heavy atom. The highest BCUT2D eigenvalue weighted by atomic mass is 16.5. The molecule has 0 aromatic carbocycles. The monoisotopic (exact) mass is 527 g/mol. The van der Waals surface area contributed by atoms with Crippen LogP contribution in [0, 0.1) is 11.8 Å². The number of hydrogen-bond donors (Lipinski definition) is 3. The summed E-state index contributed by atoms with van der Waals surface area (Å²) in [4.78, 5) is 44.0. The van der Waals surface area contributed by atoms with E-state index in [0.717, 1.165) is 5.57 Å². The van der Waals surface area contributed by atoms with E-state index in [0.29, 0.717) is 13.0 Å². The molecule has 206 valence electrons. The highest BCUT2D eigenvalue weighted by Gasteiger charge is 2.33. The SMILES string of the molecule is CC1=C\[C@@H](O)C[C@H](O)Cc2nc(co2)C(=O)N2CCC=C2C(=O)OC(C(C)C)[C@H](C)/C=C/C(=O)NC\C=C\1. The Morgan fingerprint density at radius 1 is 1.18 bits per heavy atom. The maximum atomic E-state index is 13.1. The van der Waals surface area contributed by atoms with Gasteiger partial charge in [0.15, 0.2) is 11.6 Å². The number of esters is 1. The Labute approximate surface area is 222 Å². The van der Waals surface area contributed by atoms with Gasteiger partial charge >= 0.3 is 5.97 Å². The first-order chi connectivity index (χ1) is 18.0. The number of ether oxygens (including phenoxy) is 1. The molecule has 0 saturated carbocycles. The summed E-state index contributed by atoms with van der Waals surface area (Å²) >= 11 is 0. The van der Waals surface area contributed by atoms with E-state index >= 15 is 0 Å². The van der Waals surface area contributed by atoms with E-state index in [9.17, 15) is 24.6 Å². The van der Waals surface area contributed by atoms with Gasteiger partial charge in [0.1, 0.15) is 18.1 Å². The van der Waals surface area contributed by atoms with Crippen molar-refractivity contribution in [3.63, 3.8) is 0 Å². The molecule has 3 heterocycles. The molecule has 2 amide bonds. The van der Waals surface area contributed by atoms with E-state index in [1.807, 2.05) is 20.8 Å². The van der Waals surface area contributed by atoms with Crippen molar-refractivity contribution in [1.29, 1.82) is 0 Å². The van der Waals surface area contributed by atoms with Crippen molar-refractivity contribution in [3.05, 3.63) is 65.6 Å². The predicted octanol–water partition coefficient (Wildman–Crippen LogP) is 2.45. The summed E-state index contributed by atoms with van der Waals surface area (Å²) in [7, 11) is 0. The number of hydrogen-bond acceptors (Lipinski definition) is 8. The fourth-order valence-corrected chi connectivity index (χ4v) is 4.44. The quantitative estimate of drug-likeness (QED) is 0.473. The maximum Gasteiger partial charge on any atom is 0.355 e. The molecule has 38 heavy (non-hydrogen) atoms. The normalized spacial score (nSPS) is 29.6. The number of carbonyl (C=O) groups is 3. The zero-order valence-corrected chi connectivity index (χ0v) is 22.3. The summed E-state index contributed by atoms with van der Waals surface area (Å²) < 4.78 is 11.2. The second-order valence-corrected chi connectivity index (χ2v) is 10.0. The minimum absolute atomic E-state index is 0.00476. The van der Waals surface area contributed by atoms with Gasteiger partial charge in [0.2, 0.25) is 5.91 Å². The second kappa shape index (κ2) is 13.3. The van der Waals surface area contributed by atoms with Gasteiger partial charge in [0, 0.05) is 25.4 Å². The number of oxazole rings is 1. The molecule has 3 N–H and O–H groups in total. The van der Waals surface area contributed by atoms with Crippen molar-refractivity contribution in [2.45, 2.75) is 65.3 Å². The van der Waals surface area contributed by atoms with Crippen LogP contribution in [0.3, 0.4) is 0 Å². The van der Waals surface area contributed by atoms with Crippen molar-refractivity contribution in [2.24, 2.45) is 11.8 Å². The zero-order valence-electron chi connectivity index (χ0n) is 22.3. The van der Waals surface area contributed by atoms with Crippen LogP contribution in [0.2, 0.25) is 0 Å². The van der Waals surface area contributed by atoms with Gasteiger partial charge in [-0.05, 0) is 25.3 Å². The molecule has 10 nitrogen and oxygen atoms in total. The smallest absolute Gasteiger partial charge is 0.355 e. The van der Waals surface area contributed by atoms with Gasteiger partial charge < -0.3 is 29.6 Å². The molecule has 2 aliphatic heterocycles. The fourth-order valence-electron chi connectivity index (χ4n) is 4.44. The highest BCUT2D eigenvalue weighted by Crippen LogP contribution is 2.24. The van der Waals surface area contributed by atoms with Crippen LogP contribution in [-0.2, 0) is 20.7 Å². The number of rotatable bonds is 1. The lowest BCUT2D eigenvalue weighted by molar-refractivity contribution is -0.149. The highest BCUT2D eigenvalue weighted by molar-refractivity contribution is 6.00. The molecule has 0 aliphatic carbocycles. The number of aromatic nitrogens is 1. The fraction of sp³-hybridized carbons (Fsp3) is 0.500. The number of aliphatic hydroxyl groups excluding tert-OH is 2. The van der Waals surface area contributed by atoms with Crippen LogP contribution in [0.1, 0.15) is 56.9 Å². The van der Waals surface area contributed by atoms with Crippen molar-refractivity contribution in [3.8, 4) is 0 Å². The Bertz CT molecular complexity index is 1130. The molecule has 0 radical (unpaired) electrons. The molecule has 0 fully saturated rings. The van der Waals surface area contributed by atoms with Gasteiger partial charge in [-0.2, -0.15) is 0 Å². The molecule has 4 atom stereocenters. The number of allylic oxidation sites excluding steroid dienone is 2. The Kier molecular flexibility index (Phi) is 10.2. The van der Waals surface area contributed by atoms with Gasteiger partial charge in [0.25, 0.3) is 5.91 Å². The number of amides is 2. The van der Waals surface area contributed by atoms with E-state index < -0.39 is 30.2 Å². The Balaban J connectivity index is 1.86. The van der Waals surface area contributed by atoms with Gasteiger partial charge in [-0.25, -0.2) is 9.78 Å². The third kappa shape index (κ3) is 8.00. The standard InChI is InChI=1S/C28H37N3O7/c1-17(2)26-19(4)9-10-24(34)29-11-5-7-18(3)13-20(32)14-21(33)15-25-30-22(16-37-25)27(35)31-12-6-8-23(31)28(36)38-26/h5,7-10,13,16-17,19-21,26,32-33H,6,11-12,14-15H2,1-4H3,(H,29,34)/b7-5+,10-9+,18-13+/t19-,20-,21+,26?/m1/s1. The van der Waals surface area contributed by atoms with E-state index in [1.54, 1.807) is 37.3 Å². The summed E-state index contributed by atoms with van der Waals surface area (Å²) in [5.74, 6) is -1.58. The summed E-state index contributed by atoms with van der Waals surface area (Å²) in [6.07, 6.45) is 9.22. The topological polar surface area (TPSA) is 142 Å². The summed E-state index contributed by atoms with van der Waals surface area (Å²) in [6.45, 7) is 8.08. The second-order valence-electron chi connectivity index (χ2n) is 10.0. The summed E-state index contributed by atoms with van der Waals surface area (Å²) in [6, 6.07) is 0. The van der Waals surface area contributed by atoms with Gasteiger partial charge in [0.05, 0.1) is 18.6 Å². The molecule has 2 aliphatic rings. The average molecular weight is 528 g/mol. The Hall–Kier alpha value is -3.50. The third-order valence-corrected chi connectivity index (χ3v) is 6.33. The number of cyclic esters (lactones) is 1. The number of aliphatic hydroxyl groups is 2. The van der Waals surface area contributed by atoms with Crippen LogP contribution in [-0.4, -0.2) is 69.3 Å². The molecule has 0 saturated heterocycles.